The number of rotatable bonds is 3. The van der Waals surface area contributed by atoms with E-state index in [9.17, 15) is 4.79 Å². The number of para-hydroxylation sites is 2. The molecule has 2 aromatic carbocycles. The Bertz CT molecular complexity index is 861. The van der Waals surface area contributed by atoms with Crippen molar-refractivity contribution in [2.24, 2.45) is 0 Å². The van der Waals surface area contributed by atoms with Crippen LogP contribution >= 0.6 is 11.3 Å². The van der Waals surface area contributed by atoms with Gasteiger partial charge in [-0.3, -0.25) is 4.79 Å². The van der Waals surface area contributed by atoms with E-state index in [0.29, 0.717) is 6.04 Å². The summed E-state index contributed by atoms with van der Waals surface area (Å²) < 4.78 is 0. The summed E-state index contributed by atoms with van der Waals surface area (Å²) in [7, 11) is 0. The van der Waals surface area contributed by atoms with Crippen LogP contribution in [0.2, 0.25) is 0 Å². The number of nitrogens with zero attached hydrogens (tertiary/aromatic N) is 1. The van der Waals surface area contributed by atoms with E-state index in [1.165, 1.54) is 16.9 Å². The Morgan fingerprint density at radius 3 is 2.56 bits per heavy atom. The molecule has 1 amide bonds. The predicted molar refractivity (Wildman–Crippen MR) is 104 cm³/mol. The average Bonchev–Trinajstić information content (AvgIpc) is 3.17. The lowest BCUT2D eigenvalue weighted by Gasteiger charge is -2.38. The normalized spacial score (nSPS) is 18.9. The zero-order chi connectivity index (χ0) is 17.2. The van der Waals surface area contributed by atoms with Crippen molar-refractivity contribution in [1.82, 2.24) is 0 Å². The highest BCUT2D eigenvalue weighted by Crippen LogP contribution is 2.39. The van der Waals surface area contributed by atoms with Crippen molar-refractivity contribution in [3.63, 3.8) is 0 Å². The zero-order valence-corrected chi connectivity index (χ0v) is 14.9. The quantitative estimate of drug-likeness (QED) is 0.693. The minimum absolute atomic E-state index is 0.0180. The largest absolute Gasteiger partial charge is 0.382 e. The molecule has 0 bridgehead atoms. The number of thiophene rings is 1. The maximum atomic E-state index is 13.3. The lowest BCUT2D eigenvalue weighted by atomic mass is 9.91. The molecule has 0 spiro atoms. The van der Waals surface area contributed by atoms with Crippen LogP contribution in [0.4, 0.5) is 11.4 Å². The van der Waals surface area contributed by atoms with Gasteiger partial charge in [-0.1, -0.05) is 42.5 Å². The first kappa shape index (κ1) is 15.9. The third-order valence-electron chi connectivity index (χ3n) is 4.60. The molecule has 1 aliphatic rings. The van der Waals surface area contributed by atoms with E-state index in [1.807, 2.05) is 64.9 Å². The Kier molecular flexibility index (Phi) is 4.28. The molecule has 0 saturated carbocycles. The van der Waals surface area contributed by atoms with E-state index < -0.39 is 0 Å². The van der Waals surface area contributed by atoms with Crippen molar-refractivity contribution in [3.05, 3.63) is 82.6 Å². The standard InChI is InChI=1S/C21H20N2OS/c1-15-14-19(17-10-5-6-11-18(17)22-15)23(16-8-3-2-4-9-16)21(24)20-12-7-13-25-20/h2-13,15,19,22H,14H2,1H3/t15-,19-/m1/s1. The summed E-state index contributed by atoms with van der Waals surface area (Å²) in [6.45, 7) is 2.17. The number of amides is 1. The Morgan fingerprint density at radius 1 is 1.04 bits per heavy atom. The van der Waals surface area contributed by atoms with E-state index in [-0.39, 0.29) is 11.9 Å². The van der Waals surface area contributed by atoms with Crippen LogP contribution in [0.5, 0.6) is 0 Å². The summed E-state index contributed by atoms with van der Waals surface area (Å²) in [5.74, 6) is 0.0649. The van der Waals surface area contributed by atoms with Crippen LogP contribution in [0.25, 0.3) is 0 Å². The number of hydrogen-bond donors (Lipinski definition) is 1. The molecule has 126 valence electrons. The first-order valence-electron chi connectivity index (χ1n) is 8.51. The minimum Gasteiger partial charge on any atom is -0.382 e. The molecule has 3 nitrogen and oxygen atoms in total. The number of carbonyl (C=O) groups excluding carboxylic acids is 1. The van der Waals surface area contributed by atoms with E-state index in [2.05, 4.69) is 24.4 Å². The molecule has 1 aromatic heterocycles. The monoisotopic (exact) mass is 348 g/mol. The maximum absolute atomic E-state index is 13.3. The molecule has 4 heteroatoms. The number of anilines is 2. The van der Waals surface area contributed by atoms with Crippen molar-refractivity contribution in [2.45, 2.75) is 25.4 Å². The van der Waals surface area contributed by atoms with Gasteiger partial charge in [-0.2, -0.15) is 0 Å². The van der Waals surface area contributed by atoms with Gasteiger partial charge >= 0.3 is 0 Å². The number of carbonyl (C=O) groups is 1. The van der Waals surface area contributed by atoms with E-state index in [0.717, 1.165) is 22.7 Å². The summed E-state index contributed by atoms with van der Waals surface area (Å²) in [5, 5.41) is 5.49. The highest BCUT2D eigenvalue weighted by atomic mass is 32.1. The molecule has 2 atom stereocenters. The molecule has 2 heterocycles. The second-order valence-electron chi connectivity index (χ2n) is 6.37. The van der Waals surface area contributed by atoms with E-state index >= 15 is 0 Å². The fraction of sp³-hybridized carbons (Fsp3) is 0.190. The highest BCUT2D eigenvalue weighted by Gasteiger charge is 2.33. The van der Waals surface area contributed by atoms with Crippen molar-refractivity contribution >= 4 is 28.6 Å². The number of nitrogens with one attached hydrogen (secondary N) is 1. The van der Waals surface area contributed by atoms with Crippen molar-refractivity contribution in [2.75, 3.05) is 10.2 Å². The SMILES string of the molecule is C[C@@H]1C[C@@H](N(C(=O)c2cccs2)c2ccccc2)c2ccccc2N1. The van der Waals surface area contributed by atoms with Gasteiger partial charge in [0.05, 0.1) is 10.9 Å². The molecule has 0 fully saturated rings. The molecule has 1 aliphatic heterocycles. The molecule has 3 aromatic rings. The molecule has 4 rings (SSSR count). The topological polar surface area (TPSA) is 32.3 Å². The Labute approximate surface area is 151 Å². The molecular weight excluding hydrogens is 328 g/mol. The maximum Gasteiger partial charge on any atom is 0.268 e. The Hall–Kier alpha value is -2.59. The van der Waals surface area contributed by atoms with Gasteiger partial charge in [-0.15, -0.1) is 11.3 Å². The lowest BCUT2D eigenvalue weighted by Crippen LogP contribution is -2.40. The van der Waals surface area contributed by atoms with Crippen molar-refractivity contribution in [1.29, 1.82) is 0 Å². The van der Waals surface area contributed by atoms with Gasteiger partial charge in [0.15, 0.2) is 0 Å². The average molecular weight is 348 g/mol. The minimum atomic E-state index is 0.0180. The second kappa shape index (κ2) is 6.73. The molecular formula is C21H20N2OS. The summed E-state index contributed by atoms with van der Waals surface area (Å²) in [5.41, 5.74) is 3.23. The first-order chi connectivity index (χ1) is 12.2. The fourth-order valence-corrected chi connectivity index (χ4v) is 4.16. The third-order valence-corrected chi connectivity index (χ3v) is 5.45. The number of benzene rings is 2. The van der Waals surface area contributed by atoms with Crippen LogP contribution in [0, 0.1) is 0 Å². The predicted octanol–water partition coefficient (Wildman–Crippen LogP) is 5.34. The molecule has 0 radical (unpaired) electrons. The van der Waals surface area contributed by atoms with Gasteiger partial charge in [0.1, 0.15) is 0 Å². The summed E-state index contributed by atoms with van der Waals surface area (Å²) in [4.78, 5) is 16.1. The summed E-state index contributed by atoms with van der Waals surface area (Å²) in [6.07, 6.45) is 0.878. The summed E-state index contributed by atoms with van der Waals surface area (Å²) >= 11 is 1.49. The fourth-order valence-electron chi connectivity index (χ4n) is 3.50. The van der Waals surface area contributed by atoms with Gasteiger partial charge in [0.2, 0.25) is 0 Å². The third kappa shape index (κ3) is 3.05. The van der Waals surface area contributed by atoms with Gasteiger partial charge < -0.3 is 10.2 Å². The van der Waals surface area contributed by atoms with Crippen molar-refractivity contribution in [3.8, 4) is 0 Å². The molecule has 0 unspecified atom stereocenters. The van der Waals surface area contributed by atoms with Crippen LogP contribution in [-0.2, 0) is 0 Å². The molecule has 1 N–H and O–H groups in total. The lowest BCUT2D eigenvalue weighted by molar-refractivity contribution is 0.0978. The molecule has 0 saturated heterocycles. The van der Waals surface area contributed by atoms with Crippen LogP contribution in [0.1, 0.15) is 34.6 Å². The first-order valence-corrected chi connectivity index (χ1v) is 9.39. The Balaban J connectivity index is 1.83. The number of fused-ring (bicyclic) bond motifs is 1. The van der Waals surface area contributed by atoms with Gasteiger partial charge in [0.25, 0.3) is 5.91 Å². The van der Waals surface area contributed by atoms with E-state index in [1.54, 1.807) is 0 Å². The smallest absolute Gasteiger partial charge is 0.268 e. The van der Waals surface area contributed by atoms with Crippen LogP contribution in [0.15, 0.2) is 72.1 Å². The van der Waals surface area contributed by atoms with Gasteiger partial charge in [-0.25, -0.2) is 0 Å². The Morgan fingerprint density at radius 2 is 1.80 bits per heavy atom. The number of hydrogen-bond acceptors (Lipinski definition) is 3. The van der Waals surface area contributed by atoms with Crippen LogP contribution in [-0.4, -0.2) is 11.9 Å². The molecule has 25 heavy (non-hydrogen) atoms. The van der Waals surface area contributed by atoms with Crippen LogP contribution < -0.4 is 10.2 Å². The van der Waals surface area contributed by atoms with E-state index in [4.69, 9.17) is 0 Å². The molecule has 0 aliphatic carbocycles. The highest BCUT2D eigenvalue weighted by molar-refractivity contribution is 7.12. The summed E-state index contributed by atoms with van der Waals surface area (Å²) in [6, 6.07) is 22.4. The van der Waals surface area contributed by atoms with Gasteiger partial charge in [0, 0.05) is 17.4 Å². The second-order valence-corrected chi connectivity index (χ2v) is 7.32. The van der Waals surface area contributed by atoms with Gasteiger partial charge in [-0.05, 0) is 48.6 Å². The van der Waals surface area contributed by atoms with Crippen LogP contribution in [0.3, 0.4) is 0 Å². The van der Waals surface area contributed by atoms with Crippen molar-refractivity contribution < 1.29 is 4.79 Å². The zero-order valence-electron chi connectivity index (χ0n) is 14.1.